The molecule has 0 radical (unpaired) electrons. The fourth-order valence-corrected chi connectivity index (χ4v) is 6.09. The maximum Gasteiger partial charge on any atom is 0.359 e. The van der Waals surface area contributed by atoms with Crippen LogP contribution in [0.4, 0.5) is 0 Å². The fraction of sp³-hybridized carbons (Fsp3) is 0.474. The molecular formula is C19H22NO5S2+. The van der Waals surface area contributed by atoms with E-state index >= 15 is 0 Å². The number of hydrogen-bond acceptors (Lipinski definition) is 6. The first-order valence-electron chi connectivity index (χ1n) is 9.01. The number of carbonyl (C=O) groups excluding carboxylic acids is 1. The van der Waals surface area contributed by atoms with E-state index in [0.29, 0.717) is 20.8 Å². The number of thiophene rings is 2. The zero-order valence-corrected chi connectivity index (χ0v) is 16.4. The number of hydrogen-bond donors (Lipinski definition) is 2. The maximum atomic E-state index is 13.2. The van der Waals surface area contributed by atoms with Crippen LogP contribution in [-0.2, 0) is 19.9 Å². The van der Waals surface area contributed by atoms with Gasteiger partial charge in [-0.05, 0) is 22.9 Å². The van der Waals surface area contributed by atoms with Crippen LogP contribution in [0.15, 0.2) is 35.0 Å². The van der Waals surface area contributed by atoms with Gasteiger partial charge in [0.1, 0.15) is 6.54 Å². The fourth-order valence-electron chi connectivity index (χ4n) is 4.38. The number of aliphatic hydroxyl groups is 1. The van der Waals surface area contributed by atoms with Crippen LogP contribution in [0.2, 0.25) is 0 Å². The molecule has 0 aromatic carbocycles. The van der Waals surface area contributed by atoms with Crippen molar-refractivity contribution in [1.29, 1.82) is 0 Å². The molecule has 2 N–H and O–H groups in total. The molecule has 2 bridgehead atoms. The van der Waals surface area contributed by atoms with Gasteiger partial charge in [-0.2, -0.15) is 0 Å². The summed E-state index contributed by atoms with van der Waals surface area (Å²) in [4.78, 5) is 25.5. The summed E-state index contributed by atoms with van der Waals surface area (Å²) in [5, 5.41) is 24.3. The summed E-state index contributed by atoms with van der Waals surface area (Å²) in [6, 6.07) is 7.07. The van der Waals surface area contributed by atoms with Crippen LogP contribution in [0.25, 0.3) is 0 Å². The highest BCUT2D eigenvalue weighted by Gasteiger charge is 2.51. The van der Waals surface area contributed by atoms with Crippen LogP contribution in [0.3, 0.4) is 0 Å². The summed E-state index contributed by atoms with van der Waals surface area (Å²) < 4.78 is 6.32. The SMILES string of the molecule is O=C(O)C[N+]12CCC(CC1)C(OC(=O)C(O)(c1cccs1)c1cccs1)C2. The van der Waals surface area contributed by atoms with Gasteiger partial charge in [0.15, 0.2) is 12.6 Å². The lowest BCUT2D eigenvalue weighted by molar-refractivity contribution is -0.939. The molecule has 3 saturated heterocycles. The Morgan fingerprint density at radius 1 is 1.15 bits per heavy atom. The maximum absolute atomic E-state index is 13.2. The minimum Gasteiger partial charge on any atom is -0.477 e. The third-order valence-corrected chi connectivity index (χ3v) is 7.78. The number of carboxylic acid groups (broad SMARTS) is 1. The van der Waals surface area contributed by atoms with Crippen LogP contribution in [-0.4, -0.2) is 58.9 Å². The molecule has 5 heterocycles. The first-order valence-corrected chi connectivity index (χ1v) is 10.8. The Balaban J connectivity index is 1.58. The molecule has 144 valence electrons. The molecule has 2 aromatic heterocycles. The zero-order chi connectivity index (χ0) is 19.1. The van der Waals surface area contributed by atoms with Crippen LogP contribution < -0.4 is 0 Å². The minimum atomic E-state index is -1.81. The molecule has 6 nitrogen and oxygen atoms in total. The van der Waals surface area contributed by atoms with Gasteiger partial charge in [0.25, 0.3) is 0 Å². The molecule has 0 amide bonds. The smallest absolute Gasteiger partial charge is 0.359 e. The van der Waals surface area contributed by atoms with E-state index in [0.717, 1.165) is 25.9 Å². The normalized spacial score (nSPS) is 27.4. The highest BCUT2D eigenvalue weighted by atomic mass is 32.1. The van der Waals surface area contributed by atoms with E-state index in [9.17, 15) is 19.8 Å². The van der Waals surface area contributed by atoms with Gasteiger partial charge >= 0.3 is 11.9 Å². The van der Waals surface area contributed by atoms with Gasteiger partial charge in [0.05, 0.1) is 22.8 Å². The Labute approximate surface area is 165 Å². The summed E-state index contributed by atoms with van der Waals surface area (Å²) in [6.07, 6.45) is 1.34. The van der Waals surface area contributed by atoms with Gasteiger partial charge in [0.2, 0.25) is 5.60 Å². The van der Waals surface area contributed by atoms with Crippen molar-refractivity contribution in [2.75, 3.05) is 26.2 Å². The van der Waals surface area contributed by atoms with Crippen LogP contribution >= 0.6 is 22.7 Å². The van der Waals surface area contributed by atoms with Gasteiger partial charge in [-0.1, -0.05) is 12.1 Å². The summed E-state index contributed by atoms with van der Waals surface area (Å²) in [5.74, 6) is -1.26. The third kappa shape index (κ3) is 3.31. The number of fused-ring (bicyclic) bond motifs is 3. The topological polar surface area (TPSA) is 83.8 Å². The second-order valence-electron chi connectivity index (χ2n) is 7.47. The number of quaternary nitrogens is 1. The molecule has 27 heavy (non-hydrogen) atoms. The molecule has 3 fully saturated rings. The van der Waals surface area contributed by atoms with Gasteiger partial charge in [-0.15, -0.1) is 22.7 Å². The number of carboxylic acids is 1. The van der Waals surface area contributed by atoms with E-state index in [2.05, 4.69) is 0 Å². The second kappa shape index (κ2) is 7.01. The van der Waals surface area contributed by atoms with Gasteiger partial charge < -0.3 is 19.4 Å². The van der Waals surface area contributed by atoms with Crippen LogP contribution in [0.1, 0.15) is 22.6 Å². The van der Waals surface area contributed by atoms with Crippen molar-refractivity contribution in [3.8, 4) is 0 Å². The molecule has 3 aliphatic heterocycles. The van der Waals surface area contributed by atoms with E-state index in [1.54, 1.807) is 24.3 Å². The van der Waals surface area contributed by atoms with Crippen LogP contribution in [0, 0.1) is 5.92 Å². The quantitative estimate of drug-likeness (QED) is 0.566. The Hall–Kier alpha value is -1.74. The molecule has 2 aromatic rings. The number of aliphatic carboxylic acids is 1. The number of ether oxygens (including phenoxy) is 1. The van der Waals surface area contributed by atoms with Gasteiger partial charge in [-0.25, -0.2) is 9.59 Å². The molecular weight excluding hydrogens is 386 g/mol. The molecule has 0 saturated carbocycles. The van der Waals surface area contributed by atoms with Gasteiger partial charge in [-0.3, -0.25) is 0 Å². The lowest BCUT2D eigenvalue weighted by Gasteiger charge is -2.51. The average Bonchev–Trinajstić information content (AvgIpc) is 3.35. The molecule has 0 spiro atoms. The Morgan fingerprint density at radius 3 is 2.22 bits per heavy atom. The first kappa shape index (κ1) is 18.6. The van der Waals surface area contributed by atoms with Crippen molar-refractivity contribution in [3.63, 3.8) is 0 Å². The number of carbonyl (C=O) groups is 2. The molecule has 3 aliphatic rings. The average molecular weight is 409 g/mol. The number of piperidine rings is 3. The predicted molar refractivity (Wildman–Crippen MR) is 102 cm³/mol. The second-order valence-corrected chi connectivity index (χ2v) is 9.36. The van der Waals surface area contributed by atoms with Crippen molar-refractivity contribution in [1.82, 2.24) is 0 Å². The molecule has 1 unspecified atom stereocenters. The van der Waals surface area contributed by atoms with Crippen LogP contribution in [0.5, 0.6) is 0 Å². The molecule has 8 heteroatoms. The lowest BCUT2D eigenvalue weighted by atomic mass is 9.83. The highest BCUT2D eigenvalue weighted by Crippen LogP contribution is 2.40. The minimum absolute atomic E-state index is 0.0564. The Morgan fingerprint density at radius 2 is 1.74 bits per heavy atom. The lowest BCUT2D eigenvalue weighted by Crippen LogP contribution is -2.66. The van der Waals surface area contributed by atoms with E-state index in [4.69, 9.17) is 4.74 Å². The monoisotopic (exact) mass is 408 g/mol. The molecule has 0 aliphatic carbocycles. The van der Waals surface area contributed by atoms with Crippen molar-refractivity contribution in [3.05, 3.63) is 44.8 Å². The van der Waals surface area contributed by atoms with Crippen molar-refractivity contribution >= 4 is 34.6 Å². The highest BCUT2D eigenvalue weighted by molar-refractivity contribution is 7.12. The number of nitrogens with zero attached hydrogens (tertiary/aromatic N) is 1. The number of rotatable bonds is 6. The van der Waals surface area contributed by atoms with E-state index in [1.807, 2.05) is 10.8 Å². The summed E-state index contributed by atoms with van der Waals surface area (Å²) >= 11 is 2.63. The summed E-state index contributed by atoms with van der Waals surface area (Å²) in [6.45, 7) is 2.19. The first-order chi connectivity index (χ1) is 12.9. The number of esters is 1. The molecule has 5 rings (SSSR count). The van der Waals surface area contributed by atoms with Crippen molar-refractivity contribution in [2.45, 2.75) is 24.5 Å². The third-order valence-electron chi connectivity index (χ3n) is 5.82. The Bertz CT molecular complexity index is 775. The van der Waals surface area contributed by atoms with E-state index in [-0.39, 0.29) is 18.6 Å². The summed E-state index contributed by atoms with van der Waals surface area (Å²) in [7, 11) is 0. The Kier molecular flexibility index (Phi) is 4.84. The largest absolute Gasteiger partial charge is 0.477 e. The predicted octanol–water partition coefficient (Wildman–Crippen LogP) is 2.28. The zero-order valence-electron chi connectivity index (χ0n) is 14.7. The van der Waals surface area contributed by atoms with E-state index < -0.39 is 17.5 Å². The van der Waals surface area contributed by atoms with Gasteiger partial charge in [0, 0.05) is 18.8 Å². The summed E-state index contributed by atoms with van der Waals surface area (Å²) in [5.41, 5.74) is -1.81. The molecule has 1 atom stereocenters. The van der Waals surface area contributed by atoms with Crippen molar-refractivity contribution < 1.29 is 29.0 Å². The van der Waals surface area contributed by atoms with Crippen molar-refractivity contribution in [2.24, 2.45) is 5.92 Å². The van der Waals surface area contributed by atoms with E-state index in [1.165, 1.54) is 22.7 Å². The standard InChI is InChI=1S/C19H21NO5S2/c21-17(22)12-20-7-5-13(6-8-20)14(11-20)25-18(23)19(24,15-3-1-9-26-15)16-4-2-10-27-16/h1-4,9-10,13-14,24H,5-8,11-12H2/p+1.